The lowest BCUT2D eigenvalue weighted by Crippen LogP contribution is -2.32. The van der Waals surface area contributed by atoms with Crippen molar-refractivity contribution in [3.63, 3.8) is 0 Å². The van der Waals surface area contributed by atoms with E-state index in [1.165, 1.54) is 0 Å². The first kappa shape index (κ1) is 28.8. The van der Waals surface area contributed by atoms with Crippen LogP contribution < -0.4 is 17.0 Å². The number of hydrogen-bond acceptors (Lipinski definition) is 6. The summed E-state index contributed by atoms with van der Waals surface area (Å²) >= 11 is 0. The number of likely N-dealkylation sites (tertiary alicyclic amines) is 1. The zero-order valence-electron chi connectivity index (χ0n) is 17.9. The van der Waals surface area contributed by atoms with Crippen molar-refractivity contribution >= 4 is 12.3 Å². The van der Waals surface area contributed by atoms with Gasteiger partial charge in [0.25, 0.3) is 0 Å². The summed E-state index contributed by atoms with van der Waals surface area (Å²) in [6, 6.07) is 7.49. The van der Waals surface area contributed by atoms with E-state index in [1.807, 2.05) is 24.3 Å². The summed E-state index contributed by atoms with van der Waals surface area (Å²) in [5, 5.41) is 18.8. The van der Waals surface area contributed by atoms with Gasteiger partial charge in [-0.3, -0.25) is 21.3 Å². The summed E-state index contributed by atoms with van der Waals surface area (Å²) in [7, 11) is 1.00. The molecular weight excluding hydrogens is 372 g/mol. The third-order valence-electron chi connectivity index (χ3n) is 3.71. The monoisotopic (exact) mass is 408 g/mol. The highest BCUT2D eigenvalue weighted by atomic mass is 16.3. The molecule has 0 bridgehead atoms. The molecule has 0 spiro atoms. The number of nitrogens with zero attached hydrogens (tertiary/aromatic N) is 1. The number of carbonyl (C=O) groups is 2. The second kappa shape index (κ2) is 16.5. The van der Waals surface area contributed by atoms with Crippen molar-refractivity contribution in [3.8, 4) is 12.3 Å². The highest BCUT2D eigenvalue weighted by Crippen LogP contribution is 2.21. The molecule has 2 rings (SSSR count). The first-order valence-corrected chi connectivity index (χ1v) is 9.21. The van der Waals surface area contributed by atoms with Gasteiger partial charge in [-0.25, -0.2) is 0 Å². The van der Waals surface area contributed by atoms with E-state index in [0.717, 1.165) is 31.2 Å². The van der Waals surface area contributed by atoms with Crippen LogP contribution in [0.2, 0.25) is 0 Å². The largest absolute Gasteiger partial charge is 0.400 e. The first-order chi connectivity index (χ1) is 13.7. The molecule has 8 heteroatoms. The molecule has 8 nitrogen and oxygen atoms in total. The molecule has 1 fully saturated rings. The molecule has 1 aliphatic heterocycles. The molecule has 1 aromatic carbocycles. The smallest absolute Gasteiger partial charge is 0.223 e. The van der Waals surface area contributed by atoms with E-state index in [2.05, 4.69) is 43.7 Å². The van der Waals surface area contributed by atoms with Crippen LogP contribution in [0.15, 0.2) is 24.3 Å². The van der Waals surface area contributed by atoms with Gasteiger partial charge in [0.1, 0.15) is 0 Å². The number of carbonyl (C=O) groups excluding carboxylic acids is 2. The number of nitrogens with one attached hydrogen (secondary N) is 1. The maximum Gasteiger partial charge on any atom is 0.223 e. The van der Waals surface area contributed by atoms with E-state index in [9.17, 15) is 14.7 Å². The van der Waals surface area contributed by atoms with Gasteiger partial charge in [-0.05, 0) is 29.5 Å². The van der Waals surface area contributed by atoms with E-state index in [0.29, 0.717) is 25.9 Å². The number of aliphatic hydroxyl groups excluding tert-OH is 2. The minimum absolute atomic E-state index is 0.0463. The van der Waals surface area contributed by atoms with Crippen LogP contribution in [-0.2, 0) is 16.1 Å². The lowest BCUT2D eigenvalue weighted by molar-refractivity contribution is -0.132. The van der Waals surface area contributed by atoms with Crippen molar-refractivity contribution < 1.29 is 19.8 Å². The Kier molecular flexibility index (Phi) is 16.4. The fraction of sp³-hybridized carbons (Fsp3) is 0.524. The Balaban J connectivity index is 0. The van der Waals surface area contributed by atoms with Crippen molar-refractivity contribution in [1.82, 2.24) is 10.2 Å². The summed E-state index contributed by atoms with van der Waals surface area (Å²) < 4.78 is 0. The van der Waals surface area contributed by atoms with Crippen LogP contribution >= 0.6 is 0 Å². The predicted molar refractivity (Wildman–Crippen MR) is 115 cm³/mol. The number of aliphatic hydroxyl groups is 2. The Morgan fingerprint density at radius 1 is 1.31 bits per heavy atom. The van der Waals surface area contributed by atoms with Crippen molar-refractivity contribution in [2.24, 2.45) is 17.1 Å². The minimum Gasteiger partial charge on any atom is -0.400 e. The van der Waals surface area contributed by atoms with Gasteiger partial charge >= 0.3 is 0 Å². The highest BCUT2D eigenvalue weighted by Gasteiger charge is 2.27. The van der Waals surface area contributed by atoms with Crippen LogP contribution in [0, 0.1) is 17.8 Å². The number of benzene rings is 1. The Bertz CT molecular complexity index is 607. The molecule has 1 saturated heterocycles. The predicted octanol–water partition coefficient (Wildman–Crippen LogP) is 0.357. The molecule has 1 heterocycles. The van der Waals surface area contributed by atoms with Crippen molar-refractivity contribution in [3.05, 3.63) is 35.4 Å². The molecule has 0 aromatic heterocycles. The Hall–Kier alpha value is -2.44. The summed E-state index contributed by atoms with van der Waals surface area (Å²) in [5.41, 5.74) is 1.94. The average molecular weight is 409 g/mol. The summed E-state index contributed by atoms with van der Waals surface area (Å²) in [6.07, 6.45) is 6.85. The van der Waals surface area contributed by atoms with E-state index in [4.69, 9.17) is 11.5 Å². The van der Waals surface area contributed by atoms with Crippen LogP contribution in [0.4, 0.5) is 0 Å². The Morgan fingerprint density at radius 3 is 2.24 bits per heavy atom. The molecule has 1 aromatic rings. The third kappa shape index (κ3) is 14.2. The zero-order valence-corrected chi connectivity index (χ0v) is 17.9. The molecule has 1 aliphatic rings. The molecule has 2 amide bonds. The van der Waals surface area contributed by atoms with Crippen molar-refractivity contribution in [1.29, 1.82) is 0 Å². The third-order valence-corrected chi connectivity index (χ3v) is 3.71. The normalized spacial score (nSPS) is 14.6. The van der Waals surface area contributed by atoms with Gasteiger partial charge < -0.3 is 20.4 Å². The molecule has 0 aliphatic carbocycles. The second-order valence-corrected chi connectivity index (χ2v) is 7.36. The number of hydrogen-bond donors (Lipinski definition) is 5. The highest BCUT2D eigenvalue weighted by molar-refractivity contribution is 5.77. The fourth-order valence-electron chi connectivity index (χ4n) is 2.41. The molecule has 7 N–H and O–H groups in total. The first-order valence-electron chi connectivity index (χ1n) is 9.21. The van der Waals surface area contributed by atoms with Gasteiger partial charge in [-0.15, -0.1) is 6.42 Å². The average Bonchev–Trinajstić information content (AvgIpc) is 3.16. The molecule has 0 radical (unpaired) electrons. The Morgan fingerprint density at radius 2 is 1.86 bits per heavy atom. The number of amides is 2. The number of rotatable bonds is 4. The van der Waals surface area contributed by atoms with Crippen LogP contribution in [0.5, 0.6) is 0 Å². The lowest BCUT2D eigenvalue weighted by atomic mass is 9.92. The zero-order chi connectivity index (χ0) is 22.9. The second-order valence-electron chi connectivity index (χ2n) is 7.36. The van der Waals surface area contributed by atoms with Crippen molar-refractivity contribution in [2.45, 2.75) is 46.3 Å². The number of β-amino-alcohol motifs (C(OH)–C–C–N with tert-alkyl or cyclic N) is 1. The van der Waals surface area contributed by atoms with Crippen LogP contribution in [-0.4, -0.2) is 53.7 Å². The number of hydrazine groups is 1. The van der Waals surface area contributed by atoms with Gasteiger partial charge in [0.2, 0.25) is 12.3 Å². The van der Waals surface area contributed by atoms with E-state index in [-0.39, 0.29) is 17.4 Å². The quantitative estimate of drug-likeness (QED) is 0.211. The summed E-state index contributed by atoms with van der Waals surface area (Å²) in [4.78, 5) is 23.3. The van der Waals surface area contributed by atoms with Gasteiger partial charge in [0, 0.05) is 38.7 Å². The van der Waals surface area contributed by atoms with Gasteiger partial charge in [-0.2, -0.15) is 0 Å². The number of nitrogens with two attached hydrogens (primary N) is 2. The maximum atomic E-state index is 11.6. The molecular formula is C21H36N4O4. The molecule has 0 saturated carbocycles. The van der Waals surface area contributed by atoms with Crippen LogP contribution in [0.1, 0.15) is 44.7 Å². The standard InChI is InChI=1S/C10H19NO2.C10H9NO.CH4O.H4N2/c1-10(2,3)6-9(13)11-5-4-8(12)7-11;1-2-9-3-5-10(6-4-9)7-11-8-12;2*1-2/h8,12H,4-7H2,1-3H3;1,3-6,8H,7H2,(H,11,12);2H,1H3;1-2H2. The van der Waals surface area contributed by atoms with E-state index in [1.54, 1.807) is 4.90 Å². The van der Waals surface area contributed by atoms with Gasteiger partial charge in [-0.1, -0.05) is 38.8 Å². The maximum absolute atomic E-state index is 11.6. The molecule has 164 valence electrons. The van der Waals surface area contributed by atoms with Crippen LogP contribution in [0.3, 0.4) is 0 Å². The lowest BCUT2D eigenvalue weighted by Gasteiger charge is -2.22. The topological polar surface area (TPSA) is 142 Å². The number of terminal acetylenes is 1. The van der Waals surface area contributed by atoms with E-state index < -0.39 is 0 Å². The van der Waals surface area contributed by atoms with Gasteiger partial charge in [0.05, 0.1) is 6.10 Å². The van der Waals surface area contributed by atoms with E-state index >= 15 is 0 Å². The molecule has 29 heavy (non-hydrogen) atoms. The van der Waals surface area contributed by atoms with Crippen LogP contribution in [0.25, 0.3) is 0 Å². The minimum atomic E-state index is -0.302. The summed E-state index contributed by atoms with van der Waals surface area (Å²) in [5.74, 6) is 10.7. The molecule has 1 unspecified atom stereocenters. The fourth-order valence-corrected chi connectivity index (χ4v) is 2.41. The Labute approximate surface area is 174 Å². The SMILES string of the molecule is C#Cc1ccc(CNC=O)cc1.CC(C)(C)CC(=O)N1CCC(O)C1.CO.NN. The van der Waals surface area contributed by atoms with Gasteiger partial charge in [0.15, 0.2) is 0 Å². The molecule has 1 atom stereocenters. The summed E-state index contributed by atoms with van der Waals surface area (Å²) in [6.45, 7) is 7.95. The van der Waals surface area contributed by atoms with Crippen molar-refractivity contribution in [2.75, 3.05) is 20.2 Å².